The standard InChI is InChI=1S/C16H23N3/c1-5-17-15-10-12(11-18-16(2,3)4)19-14-9-7-6-8-13(14)15/h6-10,18H,5,11H2,1-4H3,(H,17,19). The fourth-order valence-electron chi connectivity index (χ4n) is 2.01. The Kier molecular flexibility index (Phi) is 4.05. The highest BCUT2D eigenvalue weighted by atomic mass is 15.0. The van der Waals surface area contributed by atoms with Gasteiger partial charge in [0.1, 0.15) is 0 Å². The van der Waals surface area contributed by atoms with Gasteiger partial charge in [-0.1, -0.05) is 18.2 Å². The second kappa shape index (κ2) is 5.57. The molecule has 0 bridgehead atoms. The first-order valence-electron chi connectivity index (χ1n) is 6.87. The zero-order chi connectivity index (χ0) is 13.9. The van der Waals surface area contributed by atoms with E-state index in [4.69, 9.17) is 4.98 Å². The fraction of sp³-hybridized carbons (Fsp3) is 0.438. The summed E-state index contributed by atoms with van der Waals surface area (Å²) in [4.78, 5) is 4.72. The first kappa shape index (κ1) is 13.8. The number of pyridine rings is 1. The number of nitrogens with zero attached hydrogens (tertiary/aromatic N) is 1. The molecule has 0 spiro atoms. The molecular weight excluding hydrogens is 234 g/mol. The van der Waals surface area contributed by atoms with Gasteiger partial charge in [0.2, 0.25) is 0 Å². The highest BCUT2D eigenvalue weighted by Crippen LogP contribution is 2.23. The lowest BCUT2D eigenvalue weighted by Crippen LogP contribution is -2.35. The van der Waals surface area contributed by atoms with Crippen molar-refractivity contribution in [1.82, 2.24) is 10.3 Å². The summed E-state index contributed by atoms with van der Waals surface area (Å²) in [5.74, 6) is 0. The Morgan fingerprint density at radius 1 is 1.16 bits per heavy atom. The van der Waals surface area contributed by atoms with Crippen molar-refractivity contribution in [2.24, 2.45) is 0 Å². The normalized spacial score (nSPS) is 11.8. The Hall–Kier alpha value is -1.61. The van der Waals surface area contributed by atoms with Crippen LogP contribution in [0.2, 0.25) is 0 Å². The molecule has 0 amide bonds. The summed E-state index contributed by atoms with van der Waals surface area (Å²) in [5, 5.41) is 8.09. The average molecular weight is 257 g/mol. The predicted molar refractivity (Wildman–Crippen MR) is 82.5 cm³/mol. The lowest BCUT2D eigenvalue weighted by atomic mass is 10.1. The number of hydrogen-bond donors (Lipinski definition) is 2. The van der Waals surface area contributed by atoms with Gasteiger partial charge in [0.25, 0.3) is 0 Å². The minimum Gasteiger partial charge on any atom is -0.385 e. The maximum absolute atomic E-state index is 4.72. The number of aromatic nitrogens is 1. The molecule has 2 aromatic rings. The molecule has 0 aliphatic heterocycles. The molecule has 0 atom stereocenters. The fourth-order valence-corrected chi connectivity index (χ4v) is 2.01. The van der Waals surface area contributed by atoms with Crippen molar-refractivity contribution in [2.75, 3.05) is 11.9 Å². The summed E-state index contributed by atoms with van der Waals surface area (Å²) in [6.45, 7) is 10.3. The number of hydrogen-bond acceptors (Lipinski definition) is 3. The van der Waals surface area contributed by atoms with E-state index >= 15 is 0 Å². The first-order valence-corrected chi connectivity index (χ1v) is 6.87. The van der Waals surface area contributed by atoms with Crippen molar-refractivity contribution in [3.63, 3.8) is 0 Å². The van der Waals surface area contributed by atoms with Crippen LogP contribution in [0, 0.1) is 0 Å². The van der Waals surface area contributed by atoms with Crippen LogP contribution in [0.25, 0.3) is 10.9 Å². The summed E-state index contributed by atoms with van der Waals surface area (Å²) in [5.41, 5.74) is 3.39. The third-order valence-electron chi connectivity index (χ3n) is 2.94. The molecule has 0 saturated heterocycles. The summed E-state index contributed by atoms with van der Waals surface area (Å²) < 4.78 is 0. The minimum atomic E-state index is 0.103. The smallest absolute Gasteiger partial charge is 0.0726 e. The maximum atomic E-state index is 4.72. The van der Waals surface area contributed by atoms with Crippen LogP contribution in [0.4, 0.5) is 5.69 Å². The van der Waals surface area contributed by atoms with E-state index in [-0.39, 0.29) is 5.54 Å². The second-order valence-electron chi connectivity index (χ2n) is 5.81. The third kappa shape index (κ3) is 3.67. The van der Waals surface area contributed by atoms with Crippen LogP contribution in [0.15, 0.2) is 30.3 Å². The Labute approximate surface area is 115 Å². The van der Waals surface area contributed by atoms with Crippen LogP contribution >= 0.6 is 0 Å². The van der Waals surface area contributed by atoms with Crippen LogP contribution in [-0.2, 0) is 6.54 Å². The topological polar surface area (TPSA) is 37.0 Å². The Morgan fingerprint density at radius 3 is 2.58 bits per heavy atom. The molecule has 102 valence electrons. The quantitative estimate of drug-likeness (QED) is 0.879. The van der Waals surface area contributed by atoms with E-state index in [1.165, 1.54) is 11.1 Å². The van der Waals surface area contributed by atoms with Crippen LogP contribution in [0.5, 0.6) is 0 Å². The van der Waals surface area contributed by atoms with Gasteiger partial charge < -0.3 is 10.6 Å². The predicted octanol–water partition coefficient (Wildman–Crippen LogP) is 3.55. The van der Waals surface area contributed by atoms with Crippen LogP contribution < -0.4 is 10.6 Å². The third-order valence-corrected chi connectivity index (χ3v) is 2.94. The number of benzene rings is 1. The highest BCUT2D eigenvalue weighted by molar-refractivity contribution is 5.91. The second-order valence-corrected chi connectivity index (χ2v) is 5.81. The molecule has 1 aromatic carbocycles. The molecule has 0 radical (unpaired) electrons. The van der Waals surface area contributed by atoms with E-state index < -0.39 is 0 Å². The molecule has 0 fully saturated rings. The monoisotopic (exact) mass is 257 g/mol. The van der Waals surface area contributed by atoms with Crippen molar-refractivity contribution >= 4 is 16.6 Å². The number of para-hydroxylation sites is 1. The molecule has 0 aliphatic carbocycles. The molecule has 0 saturated carbocycles. The number of rotatable bonds is 4. The van der Waals surface area contributed by atoms with Gasteiger partial charge in [-0.05, 0) is 39.8 Å². The van der Waals surface area contributed by atoms with E-state index in [2.05, 4.69) is 62.6 Å². The lowest BCUT2D eigenvalue weighted by Gasteiger charge is -2.20. The van der Waals surface area contributed by atoms with Gasteiger partial charge in [-0.25, -0.2) is 0 Å². The van der Waals surface area contributed by atoms with E-state index in [9.17, 15) is 0 Å². The van der Waals surface area contributed by atoms with Crippen molar-refractivity contribution in [2.45, 2.75) is 39.8 Å². The zero-order valence-corrected chi connectivity index (χ0v) is 12.2. The van der Waals surface area contributed by atoms with Crippen molar-refractivity contribution in [3.05, 3.63) is 36.0 Å². The molecule has 2 rings (SSSR count). The Balaban J connectivity index is 2.35. The summed E-state index contributed by atoms with van der Waals surface area (Å²) >= 11 is 0. The summed E-state index contributed by atoms with van der Waals surface area (Å²) in [6, 6.07) is 10.4. The lowest BCUT2D eigenvalue weighted by molar-refractivity contribution is 0.421. The minimum absolute atomic E-state index is 0.103. The van der Waals surface area contributed by atoms with Gasteiger partial charge in [-0.15, -0.1) is 0 Å². The van der Waals surface area contributed by atoms with Gasteiger partial charge in [0.15, 0.2) is 0 Å². The van der Waals surface area contributed by atoms with E-state index in [0.29, 0.717) is 0 Å². The molecule has 3 heteroatoms. The van der Waals surface area contributed by atoms with Crippen LogP contribution in [0.3, 0.4) is 0 Å². The summed E-state index contributed by atoms with van der Waals surface area (Å²) in [7, 11) is 0. The molecular formula is C16H23N3. The van der Waals surface area contributed by atoms with Crippen LogP contribution in [-0.4, -0.2) is 17.1 Å². The number of fused-ring (bicyclic) bond motifs is 1. The molecule has 1 aromatic heterocycles. The van der Waals surface area contributed by atoms with E-state index in [0.717, 1.165) is 24.3 Å². The average Bonchev–Trinajstić information content (AvgIpc) is 2.36. The number of anilines is 1. The van der Waals surface area contributed by atoms with Crippen molar-refractivity contribution < 1.29 is 0 Å². The molecule has 2 N–H and O–H groups in total. The highest BCUT2D eigenvalue weighted by Gasteiger charge is 2.10. The molecule has 19 heavy (non-hydrogen) atoms. The van der Waals surface area contributed by atoms with E-state index in [1.807, 2.05) is 6.07 Å². The first-order chi connectivity index (χ1) is 8.99. The van der Waals surface area contributed by atoms with Crippen molar-refractivity contribution in [3.8, 4) is 0 Å². The molecule has 0 aliphatic rings. The largest absolute Gasteiger partial charge is 0.385 e. The zero-order valence-electron chi connectivity index (χ0n) is 12.2. The molecule has 3 nitrogen and oxygen atoms in total. The summed E-state index contributed by atoms with van der Waals surface area (Å²) in [6.07, 6.45) is 0. The Morgan fingerprint density at radius 2 is 1.89 bits per heavy atom. The van der Waals surface area contributed by atoms with Crippen molar-refractivity contribution in [1.29, 1.82) is 0 Å². The van der Waals surface area contributed by atoms with Gasteiger partial charge in [0, 0.05) is 29.7 Å². The molecule has 0 unspecified atom stereocenters. The van der Waals surface area contributed by atoms with Gasteiger partial charge in [-0.3, -0.25) is 4.98 Å². The van der Waals surface area contributed by atoms with Gasteiger partial charge in [0.05, 0.1) is 11.2 Å². The molecule has 1 heterocycles. The Bertz CT molecular complexity index is 555. The van der Waals surface area contributed by atoms with E-state index in [1.54, 1.807) is 0 Å². The van der Waals surface area contributed by atoms with Gasteiger partial charge >= 0.3 is 0 Å². The number of nitrogens with one attached hydrogen (secondary N) is 2. The van der Waals surface area contributed by atoms with Gasteiger partial charge in [-0.2, -0.15) is 0 Å². The maximum Gasteiger partial charge on any atom is 0.0726 e. The van der Waals surface area contributed by atoms with Crippen LogP contribution in [0.1, 0.15) is 33.4 Å². The SMILES string of the molecule is CCNc1cc(CNC(C)(C)C)nc2ccccc12.